The Labute approximate surface area is 113 Å². The fourth-order valence-corrected chi connectivity index (χ4v) is 4.85. The quantitative estimate of drug-likeness (QED) is 0.807. The first-order valence-electron chi connectivity index (χ1n) is 6.07. The molecule has 1 aromatic rings. The van der Waals surface area contributed by atoms with Gasteiger partial charge in [0.2, 0.25) is 0 Å². The van der Waals surface area contributed by atoms with Crippen molar-refractivity contribution in [2.75, 3.05) is 11.5 Å². The number of sulfone groups is 1. The van der Waals surface area contributed by atoms with Gasteiger partial charge in [-0.1, -0.05) is 33.0 Å². The predicted octanol–water partition coefficient (Wildman–Crippen LogP) is 2.38. The van der Waals surface area contributed by atoms with Crippen LogP contribution in [-0.2, 0) is 20.8 Å². The molecule has 0 saturated carbocycles. The molecule has 18 heavy (non-hydrogen) atoms. The van der Waals surface area contributed by atoms with Crippen LogP contribution in [0.3, 0.4) is 0 Å². The standard InChI is InChI=1S/C12H20N2O2S2/c1-11(2,3)9-7-10(17)14(13-9)12(4)5-6-18(15,16)8-12/h7,13H,5-6,8H2,1-4H3. The average molecular weight is 288 g/mol. The van der Waals surface area contributed by atoms with Crippen molar-refractivity contribution in [3.05, 3.63) is 16.4 Å². The molecule has 0 bridgehead atoms. The van der Waals surface area contributed by atoms with Gasteiger partial charge in [-0.15, -0.1) is 0 Å². The Kier molecular flexibility index (Phi) is 3.02. The lowest BCUT2D eigenvalue weighted by molar-refractivity contribution is 0.319. The largest absolute Gasteiger partial charge is 0.301 e. The average Bonchev–Trinajstić information content (AvgIpc) is 2.68. The maximum absolute atomic E-state index is 11.7. The summed E-state index contributed by atoms with van der Waals surface area (Å²) in [6, 6.07) is 1.94. The van der Waals surface area contributed by atoms with Crippen molar-refractivity contribution in [3.8, 4) is 0 Å². The lowest BCUT2D eigenvalue weighted by atomic mass is 9.93. The highest BCUT2D eigenvalue weighted by Gasteiger charge is 2.41. The molecule has 0 spiro atoms. The van der Waals surface area contributed by atoms with Crippen molar-refractivity contribution >= 4 is 22.1 Å². The zero-order chi connectivity index (χ0) is 13.8. The number of nitrogens with one attached hydrogen (secondary N) is 1. The fraction of sp³-hybridized carbons (Fsp3) is 0.750. The fourth-order valence-electron chi connectivity index (χ4n) is 2.35. The Hall–Kier alpha value is -0.620. The molecular weight excluding hydrogens is 268 g/mol. The Balaban J connectivity index is 2.48. The molecule has 0 aliphatic carbocycles. The molecule has 0 amide bonds. The summed E-state index contributed by atoms with van der Waals surface area (Å²) in [6.45, 7) is 8.26. The van der Waals surface area contributed by atoms with Crippen LogP contribution in [0.4, 0.5) is 0 Å². The van der Waals surface area contributed by atoms with Crippen LogP contribution < -0.4 is 0 Å². The molecule has 1 N–H and O–H groups in total. The van der Waals surface area contributed by atoms with Crippen molar-refractivity contribution in [1.29, 1.82) is 0 Å². The maximum Gasteiger partial charge on any atom is 0.152 e. The van der Waals surface area contributed by atoms with Crippen molar-refractivity contribution < 1.29 is 8.42 Å². The first kappa shape index (κ1) is 13.8. The van der Waals surface area contributed by atoms with Gasteiger partial charge in [0, 0.05) is 11.1 Å². The summed E-state index contributed by atoms with van der Waals surface area (Å²) >= 11 is 5.36. The van der Waals surface area contributed by atoms with Gasteiger partial charge in [-0.05, 0) is 19.4 Å². The van der Waals surface area contributed by atoms with Crippen molar-refractivity contribution in [2.45, 2.75) is 45.1 Å². The highest BCUT2D eigenvalue weighted by Crippen LogP contribution is 2.32. The molecular formula is C12H20N2O2S2. The summed E-state index contributed by atoms with van der Waals surface area (Å²) < 4.78 is 25.9. The van der Waals surface area contributed by atoms with E-state index in [2.05, 4.69) is 25.9 Å². The van der Waals surface area contributed by atoms with E-state index in [1.54, 1.807) is 0 Å². The minimum absolute atomic E-state index is 0.0212. The Morgan fingerprint density at radius 3 is 2.44 bits per heavy atom. The van der Waals surface area contributed by atoms with Gasteiger partial charge in [0.15, 0.2) is 9.84 Å². The molecule has 0 aromatic carbocycles. The first-order chi connectivity index (χ1) is 8.04. The SMILES string of the molecule is CC(C)(C)c1cc(=S)n(C2(C)CCS(=O)(=O)C2)[nH]1. The van der Waals surface area contributed by atoms with Crippen LogP contribution in [0.1, 0.15) is 39.8 Å². The minimum Gasteiger partial charge on any atom is -0.301 e. The lowest BCUT2D eigenvalue weighted by Gasteiger charge is -2.25. The zero-order valence-corrected chi connectivity index (χ0v) is 12.9. The van der Waals surface area contributed by atoms with E-state index in [9.17, 15) is 8.42 Å². The molecule has 1 aliphatic rings. The van der Waals surface area contributed by atoms with Gasteiger partial charge in [-0.2, -0.15) is 0 Å². The maximum atomic E-state index is 11.7. The van der Waals surface area contributed by atoms with Crippen molar-refractivity contribution in [3.63, 3.8) is 0 Å². The highest BCUT2D eigenvalue weighted by atomic mass is 32.2. The summed E-state index contributed by atoms with van der Waals surface area (Å²) in [6.07, 6.45) is 0.619. The molecule has 4 nitrogen and oxygen atoms in total. The molecule has 6 heteroatoms. The molecule has 1 fully saturated rings. The van der Waals surface area contributed by atoms with Crippen LogP contribution in [0.5, 0.6) is 0 Å². The minimum atomic E-state index is -2.93. The van der Waals surface area contributed by atoms with E-state index in [1.807, 2.05) is 17.7 Å². The highest BCUT2D eigenvalue weighted by molar-refractivity contribution is 7.91. The monoisotopic (exact) mass is 288 g/mol. The van der Waals surface area contributed by atoms with E-state index >= 15 is 0 Å². The van der Waals surface area contributed by atoms with E-state index in [0.717, 1.165) is 5.69 Å². The smallest absolute Gasteiger partial charge is 0.152 e. The first-order valence-corrected chi connectivity index (χ1v) is 8.30. The topological polar surface area (TPSA) is 54.9 Å². The van der Waals surface area contributed by atoms with Crippen LogP contribution in [0, 0.1) is 4.64 Å². The lowest BCUT2D eigenvalue weighted by Crippen LogP contribution is -2.33. The summed E-state index contributed by atoms with van der Waals surface area (Å²) in [5, 5.41) is 3.29. The van der Waals surface area contributed by atoms with Crippen LogP contribution in [-0.4, -0.2) is 29.7 Å². The zero-order valence-electron chi connectivity index (χ0n) is 11.3. The second kappa shape index (κ2) is 3.93. The molecule has 1 aromatic heterocycles. The van der Waals surface area contributed by atoms with Gasteiger partial charge >= 0.3 is 0 Å². The normalized spacial score (nSPS) is 27.6. The second-order valence-corrected chi connectivity index (χ2v) is 9.03. The van der Waals surface area contributed by atoms with Gasteiger partial charge in [0.1, 0.15) is 4.64 Å². The number of aromatic nitrogens is 2. The number of H-pyrrole nitrogens is 1. The third kappa shape index (κ3) is 2.40. The Bertz CT molecular complexity index is 619. The van der Waals surface area contributed by atoms with E-state index in [1.165, 1.54) is 0 Å². The molecule has 2 rings (SSSR count). The third-order valence-corrected chi connectivity index (χ3v) is 5.74. The van der Waals surface area contributed by atoms with Gasteiger partial charge in [-0.3, -0.25) is 4.68 Å². The summed E-state index contributed by atoms with van der Waals surface area (Å²) in [5.41, 5.74) is 0.588. The number of aromatic amines is 1. The van der Waals surface area contributed by atoms with Crippen molar-refractivity contribution in [1.82, 2.24) is 9.78 Å². The van der Waals surface area contributed by atoms with E-state index < -0.39 is 15.4 Å². The van der Waals surface area contributed by atoms with Crippen LogP contribution in [0.15, 0.2) is 6.07 Å². The van der Waals surface area contributed by atoms with Crippen LogP contribution in [0.2, 0.25) is 0 Å². The number of hydrogen-bond donors (Lipinski definition) is 1. The number of hydrogen-bond acceptors (Lipinski definition) is 3. The van der Waals surface area contributed by atoms with Gasteiger partial charge in [0.25, 0.3) is 0 Å². The Morgan fingerprint density at radius 2 is 2.06 bits per heavy atom. The van der Waals surface area contributed by atoms with E-state index in [-0.39, 0.29) is 16.9 Å². The summed E-state index contributed by atoms with van der Waals surface area (Å²) in [7, 11) is -2.93. The van der Waals surface area contributed by atoms with Crippen LogP contribution >= 0.6 is 12.2 Å². The molecule has 1 saturated heterocycles. The molecule has 1 unspecified atom stereocenters. The summed E-state index contributed by atoms with van der Waals surface area (Å²) in [5.74, 6) is 0.410. The van der Waals surface area contributed by atoms with E-state index in [0.29, 0.717) is 11.1 Å². The van der Waals surface area contributed by atoms with Crippen molar-refractivity contribution in [2.24, 2.45) is 0 Å². The Morgan fingerprint density at radius 1 is 1.44 bits per heavy atom. The predicted molar refractivity (Wildman–Crippen MR) is 75.2 cm³/mol. The molecule has 2 heterocycles. The van der Waals surface area contributed by atoms with Gasteiger partial charge in [0.05, 0.1) is 17.0 Å². The molecule has 1 atom stereocenters. The van der Waals surface area contributed by atoms with Crippen LogP contribution in [0.25, 0.3) is 0 Å². The number of nitrogens with zero attached hydrogens (tertiary/aromatic N) is 1. The van der Waals surface area contributed by atoms with Gasteiger partial charge in [-0.25, -0.2) is 8.42 Å². The number of rotatable bonds is 1. The van der Waals surface area contributed by atoms with E-state index in [4.69, 9.17) is 12.2 Å². The second-order valence-electron chi connectivity index (χ2n) is 6.43. The summed E-state index contributed by atoms with van der Waals surface area (Å²) in [4.78, 5) is 0. The molecule has 0 radical (unpaired) electrons. The van der Waals surface area contributed by atoms with Gasteiger partial charge < -0.3 is 5.10 Å². The molecule has 1 aliphatic heterocycles. The molecule has 102 valence electrons. The third-order valence-electron chi connectivity index (χ3n) is 3.55.